The highest BCUT2D eigenvalue weighted by molar-refractivity contribution is 7.12. The molecule has 3 amide bonds. The summed E-state index contributed by atoms with van der Waals surface area (Å²) in [5.74, 6) is -1.89. The first-order chi connectivity index (χ1) is 16.9. The van der Waals surface area contributed by atoms with Gasteiger partial charge < -0.3 is 20.3 Å². The first kappa shape index (κ1) is 26.4. The Labute approximate surface area is 210 Å². The third-order valence-electron chi connectivity index (χ3n) is 6.06. The number of carbonyl (C=O) groups excluding carboxylic acids is 4. The van der Waals surface area contributed by atoms with E-state index in [1.54, 1.807) is 36.6 Å². The third-order valence-corrected chi connectivity index (χ3v) is 6.93. The molecule has 1 aliphatic carbocycles. The number of carbonyl (C=O) groups is 4. The highest BCUT2D eigenvalue weighted by Gasteiger charge is 2.35. The van der Waals surface area contributed by atoms with Crippen LogP contribution in [0.5, 0.6) is 0 Å². The molecule has 1 aromatic heterocycles. The van der Waals surface area contributed by atoms with Crippen LogP contribution >= 0.6 is 11.3 Å². The van der Waals surface area contributed by atoms with Crippen LogP contribution in [0.25, 0.3) is 0 Å². The van der Waals surface area contributed by atoms with Crippen LogP contribution in [0.15, 0.2) is 41.8 Å². The lowest BCUT2D eigenvalue weighted by atomic mass is 9.94. The van der Waals surface area contributed by atoms with E-state index in [1.165, 1.54) is 16.2 Å². The molecular weight excluding hydrogens is 466 g/mol. The maximum Gasteiger partial charge on any atom is 0.325 e. The van der Waals surface area contributed by atoms with Gasteiger partial charge in [0.15, 0.2) is 0 Å². The standard InChI is InChI=1S/C26H33N3O5S/c1-3-34-23(31)17-29(22(30)16-27-25(32)21-14-9-15-35-21)24(20-13-8-7-10-18(20)2)26(33)28-19-11-5-4-6-12-19/h7-10,13-15,19,24H,3-6,11-12,16-17H2,1-2H3,(H,27,32)(H,28,33)/t24-/m0/s1. The van der Waals surface area contributed by atoms with Gasteiger partial charge in [0.25, 0.3) is 5.91 Å². The Balaban J connectivity index is 1.88. The molecule has 1 aromatic carbocycles. The fourth-order valence-corrected chi connectivity index (χ4v) is 4.93. The Kier molecular flexibility index (Phi) is 9.84. The summed E-state index contributed by atoms with van der Waals surface area (Å²) in [6.45, 7) is 2.94. The molecule has 1 heterocycles. The summed E-state index contributed by atoms with van der Waals surface area (Å²) in [5.41, 5.74) is 1.45. The maximum atomic E-state index is 13.6. The first-order valence-corrected chi connectivity index (χ1v) is 12.9. The van der Waals surface area contributed by atoms with Gasteiger partial charge in [-0.1, -0.05) is 49.6 Å². The molecule has 1 fully saturated rings. The molecule has 0 saturated heterocycles. The predicted molar refractivity (Wildman–Crippen MR) is 134 cm³/mol. The lowest BCUT2D eigenvalue weighted by Crippen LogP contribution is -2.51. The molecule has 8 nitrogen and oxygen atoms in total. The van der Waals surface area contributed by atoms with E-state index in [-0.39, 0.29) is 31.0 Å². The Morgan fingerprint density at radius 3 is 2.49 bits per heavy atom. The van der Waals surface area contributed by atoms with E-state index >= 15 is 0 Å². The van der Waals surface area contributed by atoms with E-state index in [0.29, 0.717) is 10.4 Å². The molecule has 0 unspecified atom stereocenters. The van der Waals surface area contributed by atoms with Crippen molar-refractivity contribution in [3.63, 3.8) is 0 Å². The minimum Gasteiger partial charge on any atom is -0.465 e. The molecular formula is C26H33N3O5S. The smallest absolute Gasteiger partial charge is 0.325 e. The van der Waals surface area contributed by atoms with E-state index < -0.39 is 24.5 Å². The molecule has 0 radical (unpaired) electrons. The van der Waals surface area contributed by atoms with Gasteiger partial charge in [-0.05, 0) is 49.3 Å². The van der Waals surface area contributed by atoms with Gasteiger partial charge in [0, 0.05) is 6.04 Å². The summed E-state index contributed by atoms with van der Waals surface area (Å²) in [6, 6.07) is 9.71. The molecule has 1 saturated carbocycles. The molecule has 1 atom stereocenters. The van der Waals surface area contributed by atoms with Gasteiger partial charge in [0.1, 0.15) is 12.6 Å². The fraction of sp³-hybridized carbons (Fsp3) is 0.462. The molecule has 3 rings (SSSR count). The van der Waals surface area contributed by atoms with Crippen molar-refractivity contribution in [2.45, 2.75) is 58.0 Å². The summed E-state index contributed by atoms with van der Waals surface area (Å²) in [4.78, 5) is 53.6. The average molecular weight is 500 g/mol. The van der Waals surface area contributed by atoms with Crippen LogP contribution in [0, 0.1) is 6.92 Å². The lowest BCUT2D eigenvalue weighted by Gasteiger charge is -2.33. The van der Waals surface area contributed by atoms with Gasteiger partial charge in [0.05, 0.1) is 18.0 Å². The number of rotatable bonds is 10. The second-order valence-corrected chi connectivity index (χ2v) is 9.54. The molecule has 188 valence electrons. The van der Waals surface area contributed by atoms with Crippen LogP contribution in [0.3, 0.4) is 0 Å². The fourth-order valence-electron chi connectivity index (χ4n) is 4.29. The van der Waals surface area contributed by atoms with Crippen LogP contribution in [0.4, 0.5) is 0 Å². The Bertz CT molecular complexity index is 1020. The largest absolute Gasteiger partial charge is 0.465 e. The van der Waals surface area contributed by atoms with Crippen molar-refractivity contribution >= 4 is 35.0 Å². The minimum atomic E-state index is -1.03. The number of hydrogen-bond acceptors (Lipinski definition) is 6. The quantitative estimate of drug-likeness (QED) is 0.488. The van der Waals surface area contributed by atoms with Crippen molar-refractivity contribution in [2.24, 2.45) is 0 Å². The number of nitrogens with one attached hydrogen (secondary N) is 2. The Hall–Kier alpha value is -3.20. The van der Waals surface area contributed by atoms with Gasteiger partial charge in [0.2, 0.25) is 11.8 Å². The third kappa shape index (κ3) is 7.39. The average Bonchev–Trinajstić information content (AvgIpc) is 3.39. The van der Waals surface area contributed by atoms with Crippen molar-refractivity contribution in [3.8, 4) is 0 Å². The number of aryl methyl sites for hydroxylation is 1. The van der Waals surface area contributed by atoms with Crippen molar-refractivity contribution in [2.75, 3.05) is 19.7 Å². The molecule has 0 bridgehead atoms. The van der Waals surface area contributed by atoms with Gasteiger partial charge in [-0.2, -0.15) is 0 Å². The van der Waals surface area contributed by atoms with Crippen LogP contribution in [0.1, 0.15) is 65.9 Å². The summed E-state index contributed by atoms with van der Waals surface area (Å²) in [5, 5.41) is 7.48. The number of esters is 1. The second kappa shape index (κ2) is 13.0. The molecule has 2 aromatic rings. The van der Waals surface area contributed by atoms with E-state index in [9.17, 15) is 19.2 Å². The highest BCUT2D eigenvalue weighted by Crippen LogP contribution is 2.26. The zero-order valence-electron chi connectivity index (χ0n) is 20.2. The van der Waals surface area contributed by atoms with Crippen molar-refractivity contribution < 1.29 is 23.9 Å². The monoisotopic (exact) mass is 499 g/mol. The highest BCUT2D eigenvalue weighted by atomic mass is 32.1. The SMILES string of the molecule is CCOC(=O)CN(C(=O)CNC(=O)c1cccs1)[C@H](C(=O)NC1CCCCC1)c1ccccc1C. The molecule has 35 heavy (non-hydrogen) atoms. The Morgan fingerprint density at radius 2 is 1.83 bits per heavy atom. The molecule has 9 heteroatoms. The minimum absolute atomic E-state index is 0.0286. The number of benzene rings is 1. The zero-order valence-corrected chi connectivity index (χ0v) is 21.1. The Morgan fingerprint density at radius 1 is 1.09 bits per heavy atom. The summed E-state index contributed by atoms with van der Waals surface area (Å²) >= 11 is 1.26. The van der Waals surface area contributed by atoms with Crippen LogP contribution in [-0.4, -0.2) is 54.3 Å². The van der Waals surface area contributed by atoms with Crippen LogP contribution in [-0.2, 0) is 19.1 Å². The van der Waals surface area contributed by atoms with E-state index in [1.807, 2.05) is 19.1 Å². The van der Waals surface area contributed by atoms with E-state index in [4.69, 9.17) is 4.74 Å². The number of nitrogens with zero attached hydrogens (tertiary/aromatic N) is 1. The van der Waals surface area contributed by atoms with Gasteiger partial charge in [-0.25, -0.2) is 0 Å². The van der Waals surface area contributed by atoms with Crippen LogP contribution in [0.2, 0.25) is 0 Å². The molecule has 0 spiro atoms. The topological polar surface area (TPSA) is 105 Å². The second-order valence-electron chi connectivity index (χ2n) is 8.59. The summed E-state index contributed by atoms with van der Waals surface area (Å²) in [6.07, 6.45) is 5.00. The van der Waals surface area contributed by atoms with Crippen molar-refractivity contribution in [3.05, 3.63) is 57.8 Å². The number of amides is 3. The number of hydrogen-bond donors (Lipinski definition) is 2. The van der Waals surface area contributed by atoms with Gasteiger partial charge in [-0.15, -0.1) is 11.3 Å². The molecule has 1 aliphatic rings. The normalized spacial score (nSPS) is 14.6. The predicted octanol–water partition coefficient (Wildman–Crippen LogP) is 3.37. The number of ether oxygens (including phenoxy) is 1. The molecule has 2 N–H and O–H groups in total. The molecule has 0 aliphatic heterocycles. The first-order valence-electron chi connectivity index (χ1n) is 12.0. The summed E-state index contributed by atoms with van der Waals surface area (Å²) in [7, 11) is 0. The van der Waals surface area contributed by atoms with Crippen LogP contribution < -0.4 is 10.6 Å². The van der Waals surface area contributed by atoms with Crippen molar-refractivity contribution in [1.82, 2.24) is 15.5 Å². The van der Waals surface area contributed by atoms with Gasteiger partial charge in [-0.3, -0.25) is 19.2 Å². The summed E-state index contributed by atoms with van der Waals surface area (Å²) < 4.78 is 5.10. The number of thiophene rings is 1. The van der Waals surface area contributed by atoms with Crippen molar-refractivity contribution in [1.29, 1.82) is 0 Å². The van der Waals surface area contributed by atoms with E-state index in [0.717, 1.165) is 37.7 Å². The van der Waals surface area contributed by atoms with E-state index in [2.05, 4.69) is 10.6 Å². The zero-order chi connectivity index (χ0) is 25.2. The van der Waals surface area contributed by atoms with Gasteiger partial charge >= 0.3 is 5.97 Å². The lowest BCUT2D eigenvalue weighted by molar-refractivity contribution is -0.152. The maximum absolute atomic E-state index is 13.6.